The second-order valence-electron chi connectivity index (χ2n) is 6.71. The van der Waals surface area contributed by atoms with Crippen molar-refractivity contribution in [2.24, 2.45) is 0 Å². The van der Waals surface area contributed by atoms with Crippen LogP contribution < -0.4 is 5.43 Å². The molecular weight excluding hydrogens is 389 g/mol. The standard InChI is InChI=1S/C18H18FN3O7/c19-11-3-1-2-10-15(11)18(29)22(17(10)28,20-7-6-14(25)26)12-4-5-13(24)21(8-9-23)16(12)27/h1-3,12,20,23H,4-9H2/p+1/t12?,22-/m0/s1. The van der Waals surface area contributed by atoms with Crippen LogP contribution >= 0.6 is 0 Å². The molecule has 1 saturated heterocycles. The van der Waals surface area contributed by atoms with Gasteiger partial charge in [0, 0.05) is 12.8 Å². The van der Waals surface area contributed by atoms with E-state index in [1.165, 1.54) is 12.1 Å². The molecule has 0 aromatic heterocycles. The number of carboxylic acids is 1. The predicted octanol–water partition coefficient (Wildman–Crippen LogP) is -0.574. The first kappa shape index (κ1) is 20.7. The van der Waals surface area contributed by atoms with Crippen LogP contribution in [0.25, 0.3) is 0 Å². The molecule has 2 heterocycles. The summed E-state index contributed by atoms with van der Waals surface area (Å²) in [5, 5.41) is 18.0. The maximum atomic E-state index is 14.3. The number of carbonyl (C=O) groups is 5. The lowest BCUT2D eigenvalue weighted by molar-refractivity contribution is -0.829. The number of imide groups is 2. The Labute approximate surface area is 164 Å². The largest absolute Gasteiger partial charge is 0.481 e. The number of quaternary nitrogens is 1. The first-order valence-corrected chi connectivity index (χ1v) is 8.94. The molecule has 3 rings (SSSR count). The average molecular weight is 408 g/mol. The van der Waals surface area contributed by atoms with Gasteiger partial charge in [-0.3, -0.25) is 19.3 Å². The highest BCUT2D eigenvalue weighted by Crippen LogP contribution is 2.36. The van der Waals surface area contributed by atoms with Crippen LogP contribution in [0.1, 0.15) is 40.0 Å². The molecule has 0 radical (unpaired) electrons. The molecular formula is C18H19FN3O7+. The van der Waals surface area contributed by atoms with Gasteiger partial charge < -0.3 is 10.2 Å². The van der Waals surface area contributed by atoms with Crippen LogP contribution in [0.15, 0.2) is 18.2 Å². The van der Waals surface area contributed by atoms with Gasteiger partial charge in [-0.15, -0.1) is 4.59 Å². The van der Waals surface area contributed by atoms with E-state index in [1.54, 1.807) is 0 Å². The van der Waals surface area contributed by atoms with Gasteiger partial charge >= 0.3 is 17.8 Å². The van der Waals surface area contributed by atoms with E-state index in [9.17, 15) is 28.4 Å². The zero-order valence-electron chi connectivity index (χ0n) is 15.3. The predicted molar refractivity (Wildman–Crippen MR) is 92.4 cm³/mol. The minimum atomic E-state index is -1.40. The van der Waals surface area contributed by atoms with Crippen molar-refractivity contribution >= 4 is 29.6 Å². The van der Waals surface area contributed by atoms with Gasteiger partial charge in [-0.1, -0.05) is 6.07 Å². The van der Waals surface area contributed by atoms with Crippen LogP contribution in [0, 0.1) is 5.82 Å². The summed E-state index contributed by atoms with van der Waals surface area (Å²) in [7, 11) is 0. The van der Waals surface area contributed by atoms with Gasteiger partial charge in [0.1, 0.15) is 16.9 Å². The quantitative estimate of drug-likeness (QED) is 0.402. The van der Waals surface area contributed by atoms with Crippen molar-refractivity contribution in [1.82, 2.24) is 10.3 Å². The summed E-state index contributed by atoms with van der Waals surface area (Å²) in [5.74, 6) is -5.49. The number of hydrogen-bond donors (Lipinski definition) is 3. The van der Waals surface area contributed by atoms with Crippen LogP contribution in [-0.4, -0.2) is 75.0 Å². The van der Waals surface area contributed by atoms with Gasteiger partial charge in [-0.05, 0) is 12.1 Å². The van der Waals surface area contributed by atoms with Gasteiger partial charge in [-0.25, -0.2) is 14.0 Å². The zero-order chi connectivity index (χ0) is 21.3. The van der Waals surface area contributed by atoms with E-state index >= 15 is 0 Å². The van der Waals surface area contributed by atoms with E-state index in [2.05, 4.69) is 5.43 Å². The molecule has 3 N–H and O–H groups in total. The molecule has 29 heavy (non-hydrogen) atoms. The number of fused-ring (bicyclic) bond motifs is 1. The smallest absolute Gasteiger partial charge is 0.377 e. The molecule has 0 aliphatic carbocycles. The van der Waals surface area contributed by atoms with E-state index in [4.69, 9.17) is 10.2 Å². The highest BCUT2D eigenvalue weighted by atomic mass is 19.1. The number of carbonyl (C=O) groups excluding carboxylic acids is 4. The Bertz CT molecular complexity index is 919. The molecule has 1 unspecified atom stereocenters. The number of aliphatic carboxylic acids is 1. The lowest BCUT2D eigenvalue weighted by atomic mass is 10.0. The number of nitrogens with one attached hydrogen (secondary N) is 1. The third-order valence-electron chi connectivity index (χ3n) is 5.07. The second kappa shape index (κ2) is 7.78. The molecule has 0 spiro atoms. The molecule has 154 valence electrons. The van der Waals surface area contributed by atoms with Gasteiger partial charge in [0.25, 0.3) is 5.91 Å². The summed E-state index contributed by atoms with van der Waals surface area (Å²) in [6.45, 7) is -1.17. The van der Waals surface area contributed by atoms with Gasteiger partial charge in [0.15, 0.2) is 0 Å². The minimum absolute atomic E-state index is 0.170. The maximum absolute atomic E-state index is 14.3. The number of β-amino-alcohol motifs (C(OH)–C–C–N with tert-alkyl or cyclic N) is 1. The van der Waals surface area contributed by atoms with Crippen molar-refractivity contribution in [2.75, 3.05) is 19.7 Å². The molecule has 10 nitrogen and oxygen atoms in total. The molecule has 0 bridgehead atoms. The Hall–Kier alpha value is -3.02. The van der Waals surface area contributed by atoms with E-state index in [0.717, 1.165) is 11.0 Å². The van der Waals surface area contributed by atoms with Crippen LogP contribution in [0.3, 0.4) is 0 Å². The number of carboxylic acid groups (broad SMARTS) is 1. The Morgan fingerprint density at radius 2 is 1.97 bits per heavy atom. The van der Waals surface area contributed by atoms with E-state index < -0.39 is 64.6 Å². The number of aliphatic hydroxyl groups is 1. The summed E-state index contributed by atoms with van der Waals surface area (Å²) in [4.78, 5) is 63.1. The molecule has 1 aromatic rings. The molecule has 2 aliphatic heterocycles. The van der Waals surface area contributed by atoms with Crippen molar-refractivity contribution in [3.05, 3.63) is 35.1 Å². The lowest BCUT2D eigenvalue weighted by Gasteiger charge is -2.39. The first-order chi connectivity index (χ1) is 13.8. The van der Waals surface area contributed by atoms with E-state index in [0.29, 0.717) is 0 Å². The number of nitrogens with zero attached hydrogens (tertiary/aromatic N) is 2. The lowest BCUT2D eigenvalue weighted by Crippen LogP contribution is -2.72. The number of amides is 4. The number of likely N-dealkylation sites (tertiary alicyclic amines) is 1. The fraction of sp³-hybridized carbons (Fsp3) is 0.389. The Morgan fingerprint density at radius 1 is 1.24 bits per heavy atom. The summed E-state index contributed by atoms with van der Waals surface area (Å²) >= 11 is 0. The number of aliphatic hydroxyl groups excluding tert-OH is 1. The normalized spacial score (nSPS) is 24.2. The molecule has 1 fully saturated rings. The van der Waals surface area contributed by atoms with Gasteiger partial charge in [0.2, 0.25) is 11.9 Å². The van der Waals surface area contributed by atoms with Crippen LogP contribution in [0.2, 0.25) is 0 Å². The van der Waals surface area contributed by atoms with E-state index in [-0.39, 0.29) is 31.5 Å². The minimum Gasteiger partial charge on any atom is -0.481 e. The number of halogens is 1. The zero-order valence-corrected chi connectivity index (χ0v) is 15.3. The maximum Gasteiger partial charge on any atom is 0.377 e. The third-order valence-corrected chi connectivity index (χ3v) is 5.07. The van der Waals surface area contributed by atoms with Crippen LogP contribution in [0.5, 0.6) is 0 Å². The van der Waals surface area contributed by atoms with Gasteiger partial charge in [0.05, 0.1) is 26.1 Å². The second-order valence-corrected chi connectivity index (χ2v) is 6.71. The highest BCUT2D eigenvalue weighted by Gasteiger charge is 2.64. The summed E-state index contributed by atoms with van der Waals surface area (Å²) in [6, 6.07) is 2.10. The van der Waals surface area contributed by atoms with E-state index in [1.807, 2.05) is 0 Å². The number of hydrogen-bond acceptors (Lipinski definition) is 7. The summed E-state index contributed by atoms with van der Waals surface area (Å²) in [6.07, 6.45) is -0.803. The highest BCUT2D eigenvalue weighted by molar-refractivity contribution is 6.15. The number of benzene rings is 1. The molecule has 11 heteroatoms. The number of piperidine rings is 1. The van der Waals surface area contributed by atoms with Crippen molar-refractivity contribution < 1.29 is 43.2 Å². The molecule has 1 aromatic carbocycles. The molecule has 2 aliphatic rings. The topological polar surface area (TPSA) is 141 Å². The van der Waals surface area contributed by atoms with Crippen molar-refractivity contribution in [1.29, 1.82) is 0 Å². The number of rotatable bonds is 7. The molecule has 0 saturated carbocycles. The monoisotopic (exact) mass is 408 g/mol. The fourth-order valence-corrected chi connectivity index (χ4v) is 3.77. The fourth-order valence-electron chi connectivity index (χ4n) is 3.77. The van der Waals surface area contributed by atoms with Crippen LogP contribution in [-0.2, 0) is 14.4 Å². The molecule has 4 amide bonds. The SMILES string of the molecule is O=C(O)CCN[N@@+]1(C2CCC(=O)N(CCO)C2=O)C(=O)c2cccc(F)c2C1=O. The third kappa shape index (κ3) is 3.22. The van der Waals surface area contributed by atoms with Crippen molar-refractivity contribution in [3.8, 4) is 0 Å². The molecule has 2 atom stereocenters. The van der Waals surface area contributed by atoms with Crippen molar-refractivity contribution in [2.45, 2.75) is 25.3 Å². The Morgan fingerprint density at radius 3 is 2.59 bits per heavy atom. The van der Waals surface area contributed by atoms with Crippen LogP contribution in [0.4, 0.5) is 4.39 Å². The van der Waals surface area contributed by atoms with Crippen molar-refractivity contribution in [3.63, 3.8) is 0 Å². The van der Waals surface area contributed by atoms with Gasteiger partial charge in [-0.2, -0.15) is 5.43 Å². The summed E-state index contributed by atoms with van der Waals surface area (Å²) in [5.41, 5.74) is 1.83. The average Bonchev–Trinajstić information content (AvgIpc) is 2.88. The Kier molecular flexibility index (Phi) is 5.55. The summed E-state index contributed by atoms with van der Waals surface area (Å²) < 4.78 is 13.0. The Balaban J connectivity index is 2.08. The first-order valence-electron chi connectivity index (χ1n) is 8.94.